The summed E-state index contributed by atoms with van der Waals surface area (Å²) in [7, 11) is 0. The van der Waals surface area contributed by atoms with Gasteiger partial charge in [0.05, 0.1) is 5.69 Å². The third-order valence-electron chi connectivity index (χ3n) is 2.29. The molecule has 1 heterocycles. The molecule has 0 unspecified atom stereocenters. The fourth-order valence-corrected chi connectivity index (χ4v) is 1.69. The van der Waals surface area contributed by atoms with E-state index in [4.69, 9.17) is 27.9 Å². The maximum absolute atomic E-state index is 5.93. The van der Waals surface area contributed by atoms with Crippen LogP contribution >= 0.6 is 23.2 Å². The lowest BCUT2D eigenvalue weighted by Crippen LogP contribution is -1.98. The molecule has 2 nitrogen and oxygen atoms in total. The molecule has 17 heavy (non-hydrogen) atoms. The highest BCUT2D eigenvalue weighted by Crippen LogP contribution is 2.21. The Bertz CT molecular complexity index is 529. The molecule has 88 valence electrons. The van der Waals surface area contributed by atoms with Crippen molar-refractivity contribution in [1.29, 1.82) is 0 Å². The number of halogens is 2. The molecule has 0 bridgehead atoms. The van der Waals surface area contributed by atoms with Crippen LogP contribution in [0.2, 0.25) is 10.0 Å². The van der Waals surface area contributed by atoms with E-state index in [-0.39, 0.29) is 0 Å². The molecule has 0 aliphatic heterocycles. The Balaban J connectivity index is 2.05. The van der Waals surface area contributed by atoms with Gasteiger partial charge in [-0.2, -0.15) is 0 Å². The third-order valence-corrected chi connectivity index (χ3v) is 2.95. The second-order valence-electron chi connectivity index (χ2n) is 3.67. The van der Waals surface area contributed by atoms with Crippen molar-refractivity contribution in [3.63, 3.8) is 0 Å². The number of aryl methyl sites for hydroxylation is 1. The van der Waals surface area contributed by atoms with Crippen molar-refractivity contribution in [2.45, 2.75) is 13.5 Å². The van der Waals surface area contributed by atoms with Crippen LogP contribution in [0.4, 0.5) is 0 Å². The van der Waals surface area contributed by atoms with Gasteiger partial charge < -0.3 is 4.74 Å². The predicted octanol–water partition coefficient (Wildman–Crippen LogP) is 4.28. The van der Waals surface area contributed by atoms with Crippen molar-refractivity contribution in [3.05, 3.63) is 57.8 Å². The van der Waals surface area contributed by atoms with Crippen LogP contribution < -0.4 is 4.74 Å². The molecule has 1 aromatic carbocycles. The normalized spacial score (nSPS) is 10.3. The van der Waals surface area contributed by atoms with Gasteiger partial charge in [-0.25, -0.2) is 0 Å². The van der Waals surface area contributed by atoms with E-state index in [1.807, 2.05) is 25.1 Å². The number of hydrogen-bond donors (Lipinski definition) is 0. The zero-order valence-electron chi connectivity index (χ0n) is 9.28. The molecule has 0 radical (unpaired) electrons. The Labute approximate surface area is 110 Å². The summed E-state index contributed by atoms with van der Waals surface area (Å²) >= 11 is 11.8. The van der Waals surface area contributed by atoms with Gasteiger partial charge in [-0.15, -0.1) is 0 Å². The minimum atomic E-state index is 0.391. The van der Waals surface area contributed by atoms with Gasteiger partial charge in [-0.05, 0) is 42.8 Å². The highest BCUT2D eigenvalue weighted by Gasteiger charge is 2.00. The molecular formula is C13H11Cl2NO. The minimum absolute atomic E-state index is 0.391. The lowest BCUT2D eigenvalue weighted by molar-refractivity contribution is 0.301. The van der Waals surface area contributed by atoms with E-state index in [1.54, 1.807) is 18.3 Å². The number of rotatable bonds is 3. The fraction of sp³-hybridized carbons (Fsp3) is 0.154. The molecule has 0 spiro atoms. The maximum Gasteiger partial charge on any atom is 0.130 e. The topological polar surface area (TPSA) is 22.1 Å². The Morgan fingerprint density at radius 3 is 2.71 bits per heavy atom. The van der Waals surface area contributed by atoms with Crippen LogP contribution in [0.1, 0.15) is 11.3 Å². The second kappa shape index (κ2) is 5.39. The number of benzene rings is 1. The van der Waals surface area contributed by atoms with E-state index < -0.39 is 0 Å². The van der Waals surface area contributed by atoms with Crippen molar-refractivity contribution in [2.75, 3.05) is 0 Å². The van der Waals surface area contributed by atoms with Gasteiger partial charge in [-0.1, -0.05) is 23.2 Å². The monoisotopic (exact) mass is 267 g/mol. The van der Waals surface area contributed by atoms with E-state index in [1.165, 1.54) is 0 Å². The first-order chi connectivity index (χ1) is 8.15. The van der Waals surface area contributed by atoms with Gasteiger partial charge in [0.2, 0.25) is 0 Å². The predicted molar refractivity (Wildman–Crippen MR) is 69.8 cm³/mol. The van der Waals surface area contributed by atoms with E-state index in [9.17, 15) is 0 Å². The molecule has 0 saturated carbocycles. The largest absolute Gasteiger partial charge is 0.487 e. The highest BCUT2D eigenvalue weighted by molar-refractivity contribution is 6.31. The van der Waals surface area contributed by atoms with Gasteiger partial charge >= 0.3 is 0 Å². The molecule has 0 aliphatic carbocycles. The summed E-state index contributed by atoms with van der Waals surface area (Å²) in [6.07, 6.45) is 1.66. The first kappa shape index (κ1) is 12.2. The van der Waals surface area contributed by atoms with Crippen molar-refractivity contribution in [3.8, 4) is 5.75 Å². The molecule has 0 atom stereocenters. The molecule has 0 fully saturated rings. The van der Waals surface area contributed by atoms with Crippen LogP contribution in [0, 0.1) is 6.92 Å². The molecule has 0 amide bonds. The van der Waals surface area contributed by atoms with Gasteiger partial charge in [0.25, 0.3) is 0 Å². The minimum Gasteiger partial charge on any atom is -0.487 e. The molecule has 0 saturated heterocycles. The highest BCUT2D eigenvalue weighted by atomic mass is 35.5. The van der Waals surface area contributed by atoms with E-state index in [2.05, 4.69) is 4.98 Å². The Morgan fingerprint density at radius 1 is 1.18 bits per heavy atom. The molecule has 2 aromatic rings. The summed E-state index contributed by atoms with van der Waals surface area (Å²) in [6.45, 7) is 2.33. The lowest BCUT2D eigenvalue weighted by Gasteiger charge is -2.07. The lowest BCUT2D eigenvalue weighted by atomic mass is 10.2. The zero-order chi connectivity index (χ0) is 12.3. The average Bonchev–Trinajstić information content (AvgIpc) is 2.31. The van der Waals surface area contributed by atoms with Crippen LogP contribution in [-0.2, 0) is 6.61 Å². The summed E-state index contributed by atoms with van der Waals surface area (Å²) in [5.74, 6) is 0.772. The molecule has 1 aromatic heterocycles. The first-order valence-corrected chi connectivity index (χ1v) is 5.90. The van der Waals surface area contributed by atoms with Gasteiger partial charge in [0, 0.05) is 16.2 Å². The van der Waals surface area contributed by atoms with Crippen molar-refractivity contribution < 1.29 is 4.74 Å². The summed E-state index contributed by atoms with van der Waals surface area (Å²) in [6, 6.07) is 9.06. The van der Waals surface area contributed by atoms with Gasteiger partial charge in [0.1, 0.15) is 12.4 Å². The Morgan fingerprint density at radius 2 is 2.00 bits per heavy atom. The average molecular weight is 268 g/mol. The molecule has 0 N–H and O–H groups in total. The fourth-order valence-electron chi connectivity index (χ4n) is 1.39. The first-order valence-electron chi connectivity index (χ1n) is 5.14. The summed E-state index contributed by atoms with van der Waals surface area (Å²) in [5, 5.41) is 1.39. The van der Waals surface area contributed by atoms with Crippen molar-refractivity contribution in [2.24, 2.45) is 0 Å². The summed E-state index contributed by atoms with van der Waals surface area (Å²) < 4.78 is 5.60. The zero-order valence-corrected chi connectivity index (χ0v) is 10.8. The molecule has 4 heteroatoms. The third kappa shape index (κ3) is 3.35. The van der Waals surface area contributed by atoms with Crippen LogP contribution in [-0.4, -0.2) is 4.98 Å². The number of hydrogen-bond acceptors (Lipinski definition) is 2. The molecule has 0 aliphatic rings. The smallest absolute Gasteiger partial charge is 0.130 e. The molecular weight excluding hydrogens is 257 g/mol. The Kier molecular flexibility index (Phi) is 3.87. The standard InChI is InChI=1S/C13H11Cl2NO/c1-9-6-12(2-3-13(9)15)17-8-11-7-10(14)4-5-16-11/h2-7H,8H2,1H3. The van der Waals surface area contributed by atoms with E-state index in [0.717, 1.165) is 22.0 Å². The maximum atomic E-state index is 5.93. The van der Waals surface area contributed by atoms with E-state index >= 15 is 0 Å². The van der Waals surface area contributed by atoms with Crippen LogP contribution in [0.25, 0.3) is 0 Å². The van der Waals surface area contributed by atoms with Crippen molar-refractivity contribution >= 4 is 23.2 Å². The number of nitrogens with zero attached hydrogens (tertiary/aromatic N) is 1. The summed E-state index contributed by atoms with van der Waals surface area (Å²) in [5.41, 5.74) is 1.79. The van der Waals surface area contributed by atoms with Crippen LogP contribution in [0.3, 0.4) is 0 Å². The van der Waals surface area contributed by atoms with Gasteiger partial charge in [-0.3, -0.25) is 4.98 Å². The Hall–Kier alpha value is -1.25. The number of aromatic nitrogens is 1. The van der Waals surface area contributed by atoms with Gasteiger partial charge in [0.15, 0.2) is 0 Å². The van der Waals surface area contributed by atoms with E-state index in [0.29, 0.717) is 11.6 Å². The van der Waals surface area contributed by atoms with Crippen LogP contribution in [0.5, 0.6) is 5.75 Å². The summed E-state index contributed by atoms with van der Waals surface area (Å²) in [4.78, 5) is 4.16. The molecule has 2 rings (SSSR count). The number of ether oxygens (including phenoxy) is 1. The van der Waals surface area contributed by atoms with Crippen LogP contribution in [0.15, 0.2) is 36.5 Å². The van der Waals surface area contributed by atoms with Crippen molar-refractivity contribution in [1.82, 2.24) is 4.98 Å². The quantitative estimate of drug-likeness (QED) is 0.829. The SMILES string of the molecule is Cc1cc(OCc2cc(Cl)ccn2)ccc1Cl. The number of pyridine rings is 1. The second-order valence-corrected chi connectivity index (χ2v) is 4.51.